The lowest BCUT2D eigenvalue weighted by Gasteiger charge is -2.11. The summed E-state index contributed by atoms with van der Waals surface area (Å²) in [5, 5.41) is 8.89. The van der Waals surface area contributed by atoms with Crippen molar-refractivity contribution in [2.24, 2.45) is 5.92 Å². The summed E-state index contributed by atoms with van der Waals surface area (Å²) in [5.41, 5.74) is 0. The third-order valence-corrected chi connectivity index (χ3v) is 2.60. The minimum atomic E-state index is 0.146. The predicted molar refractivity (Wildman–Crippen MR) is 71.1 cm³/mol. The van der Waals surface area contributed by atoms with Crippen LogP contribution in [0.3, 0.4) is 0 Å². The third-order valence-electron chi connectivity index (χ3n) is 2.40. The molecule has 17 heavy (non-hydrogen) atoms. The van der Waals surface area contributed by atoms with Crippen molar-refractivity contribution in [3.63, 3.8) is 0 Å². The molecule has 0 amide bonds. The quantitative estimate of drug-likeness (QED) is 0.792. The molecule has 0 spiro atoms. The molecule has 1 aromatic carbocycles. The summed E-state index contributed by atoms with van der Waals surface area (Å²) in [7, 11) is 0. The van der Waals surface area contributed by atoms with Gasteiger partial charge in [0.25, 0.3) is 0 Å². The summed E-state index contributed by atoms with van der Waals surface area (Å²) in [4.78, 5) is 0. The van der Waals surface area contributed by atoms with Crippen LogP contribution in [0.5, 0.6) is 5.75 Å². The molecule has 94 valence electrons. The number of hydrogen-bond acceptors (Lipinski definition) is 4. The summed E-state index contributed by atoms with van der Waals surface area (Å²) < 4.78 is 10.6. The summed E-state index contributed by atoms with van der Waals surface area (Å²) >= 11 is 4.96. The largest absolute Gasteiger partial charge is 0.457 e. The second-order valence-corrected chi connectivity index (χ2v) is 4.25. The van der Waals surface area contributed by atoms with Crippen molar-refractivity contribution in [3.8, 4) is 5.75 Å². The zero-order valence-electron chi connectivity index (χ0n) is 9.96. The van der Waals surface area contributed by atoms with Crippen molar-refractivity contribution in [2.75, 3.05) is 13.2 Å². The molecule has 4 heteroatoms. The highest BCUT2D eigenvalue weighted by Gasteiger charge is 2.04. The van der Waals surface area contributed by atoms with Crippen molar-refractivity contribution in [1.82, 2.24) is 0 Å². The van der Waals surface area contributed by atoms with E-state index >= 15 is 0 Å². The van der Waals surface area contributed by atoms with Gasteiger partial charge in [-0.25, -0.2) is 0 Å². The average Bonchev–Trinajstić information content (AvgIpc) is 2.30. The molecule has 0 radical (unpaired) electrons. The lowest BCUT2D eigenvalue weighted by molar-refractivity contribution is 0.207. The second kappa shape index (κ2) is 8.03. The van der Waals surface area contributed by atoms with Crippen LogP contribution in [-0.2, 0) is 4.74 Å². The van der Waals surface area contributed by atoms with Gasteiger partial charge in [-0.15, -0.1) is 0 Å². The van der Waals surface area contributed by atoms with E-state index in [0.717, 1.165) is 12.8 Å². The predicted octanol–water partition coefficient (Wildman–Crippen LogP) is 2.78. The van der Waals surface area contributed by atoms with Crippen LogP contribution in [0.1, 0.15) is 19.8 Å². The van der Waals surface area contributed by atoms with E-state index in [1.807, 2.05) is 30.3 Å². The Bertz CT molecular complexity index is 327. The first-order valence-corrected chi connectivity index (χ1v) is 6.13. The molecule has 0 aliphatic rings. The molecule has 3 nitrogen and oxygen atoms in total. The molecule has 1 N–H and O–H groups in total. The Labute approximate surface area is 107 Å². The van der Waals surface area contributed by atoms with E-state index in [-0.39, 0.29) is 11.8 Å². The number of benzene rings is 1. The number of para-hydroxylation sites is 1. The van der Waals surface area contributed by atoms with E-state index in [1.54, 1.807) is 0 Å². The molecule has 0 aromatic heterocycles. The Morgan fingerprint density at radius 3 is 2.65 bits per heavy atom. The first kappa shape index (κ1) is 13.9. The van der Waals surface area contributed by atoms with Crippen LogP contribution in [-0.4, -0.2) is 23.6 Å². The van der Waals surface area contributed by atoms with E-state index in [1.165, 1.54) is 0 Å². The van der Waals surface area contributed by atoms with Crippen LogP contribution in [0.25, 0.3) is 0 Å². The maximum Gasteiger partial charge on any atom is 0.357 e. The molecule has 0 fully saturated rings. The molecule has 1 rings (SSSR count). The van der Waals surface area contributed by atoms with Gasteiger partial charge < -0.3 is 14.6 Å². The molecule has 0 saturated heterocycles. The van der Waals surface area contributed by atoms with E-state index in [2.05, 4.69) is 6.92 Å². The number of rotatable bonds is 6. The zero-order valence-corrected chi connectivity index (χ0v) is 10.8. The van der Waals surface area contributed by atoms with Crippen LogP contribution in [0, 0.1) is 5.92 Å². The third kappa shape index (κ3) is 6.24. The second-order valence-electron chi connectivity index (χ2n) is 3.92. The van der Waals surface area contributed by atoms with Gasteiger partial charge in [-0.05, 0) is 30.9 Å². The fourth-order valence-electron chi connectivity index (χ4n) is 1.32. The number of thiocarbonyl (C=S) groups is 1. The first-order chi connectivity index (χ1) is 8.22. The van der Waals surface area contributed by atoms with Crippen molar-refractivity contribution in [1.29, 1.82) is 0 Å². The molecule has 0 aliphatic carbocycles. The van der Waals surface area contributed by atoms with Crippen molar-refractivity contribution >= 4 is 17.5 Å². The minimum absolute atomic E-state index is 0.146. The smallest absolute Gasteiger partial charge is 0.357 e. The molecule has 0 saturated carbocycles. The van der Waals surface area contributed by atoms with E-state index in [4.69, 9.17) is 26.8 Å². The van der Waals surface area contributed by atoms with Gasteiger partial charge in [0.1, 0.15) is 5.75 Å². The van der Waals surface area contributed by atoms with Crippen molar-refractivity contribution < 1.29 is 14.6 Å². The highest BCUT2D eigenvalue weighted by molar-refractivity contribution is 7.79. The Kier molecular flexibility index (Phi) is 6.58. The lowest BCUT2D eigenvalue weighted by atomic mass is 10.1. The Morgan fingerprint density at radius 1 is 1.29 bits per heavy atom. The van der Waals surface area contributed by atoms with Crippen molar-refractivity contribution in [3.05, 3.63) is 30.3 Å². The standard InChI is InChI=1S/C13H18O3S/c1-11(7-9-14)8-10-15-13(17)16-12-5-3-2-4-6-12/h2-6,11,14H,7-10H2,1H3/t11-/m0/s1. The molecule has 1 aromatic rings. The number of ether oxygens (including phenoxy) is 2. The highest BCUT2D eigenvalue weighted by Crippen LogP contribution is 2.10. The maximum atomic E-state index is 8.75. The SMILES string of the molecule is C[C@@H](CCO)CCOC(=S)Oc1ccccc1. The summed E-state index contributed by atoms with van der Waals surface area (Å²) in [5.74, 6) is 1.11. The van der Waals surface area contributed by atoms with Gasteiger partial charge in [0, 0.05) is 18.8 Å². The van der Waals surface area contributed by atoms with E-state index in [0.29, 0.717) is 18.3 Å². The van der Waals surface area contributed by atoms with Crippen LogP contribution in [0.15, 0.2) is 30.3 Å². The van der Waals surface area contributed by atoms with Gasteiger partial charge >= 0.3 is 5.24 Å². The summed E-state index contributed by atoms with van der Waals surface area (Å²) in [6.07, 6.45) is 1.65. The van der Waals surface area contributed by atoms with Crippen LogP contribution < -0.4 is 4.74 Å². The van der Waals surface area contributed by atoms with Crippen LogP contribution >= 0.6 is 12.2 Å². The molecule has 0 unspecified atom stereocenters. The van der Waals surface area contributed by atoms with Gasteiger partial charge in [0.15, 0.2) is 0 Å². The Morgan fingerprint density at radius 2 is 2.00 bits per heavy atom. The van der Waals surface area contributed by atoms with Gasteiger partial charge in [0.2, 0.25) is 0 Å². The fraction of sp³-hybridized carbons (Fsp3) is 0.462. The van der Waals surface area contributed by atoms with Crippen LogP contribution in [0.2, 0.25) is 0 Å². The Hall–Kier alpha value is -1.13. The molecule has 0 aliphatic heterocycles. The number of hydrogen-bond donors (Lipinski definition) is 1. The average molecular weight is 254 g/mol. The summed E-state index contributed by atoms with van der Waals surface area (Å²) in [6.45, 7) is 2.81. The monoisotopic (exact) mass is 254 g/mol. The summed E-state index contributed by atoms with van der Waals surface area (Å²) in [6, 6.07) is 9.31. The molecular weight excluding hydrogens is 236 g/mol. The molecule has 0 heterocycles. The number of aliphatic hydroxyl groups excluding tert-OH is 1. The number of aliphatic hydroxyl groups is 1. The lowest BCUT2D eigenvalue weighted by Crippen LogP contribution is -2.13. The van der Waals surface area contributed by atoms with Crippen molar-refractivity contribution in [2.45, 2.75) is 19.8 Å². The van der Waals surface area contributed by atoms with Crippen LogP contribution in [0.4, 0.5) is 0 Å². The van der Waals surface area contributed by atoms with E-state index in [9.17, 15) is 0 Å². The normalized spacial score (nSPS) is 11.9. The minimum Gasteiger partial charge on any atom is -0.457 e. The Balaban J connectivity index is 2.18. The van der Waals surface area contributed by atoms with Gasteiger partial charge in [-0.2, -0.15) is 0 Å². The van der Waals surface area contributed by atoms with Gasteiger partial charge in [-0.1, -0.05) is 25.1 Å². The van der Waals surface area contributed by atoms with E-state index < -0.39 is 0 Å². The fourth-order valence-corrected chi connectivity index (χ4v) is 1.50. The molecular formula is C13H18O3S. The molecule has 0 bridgehead atoms. The van der Waals surface area contributed by atoms with Gasteiger partial charge in [0.05, 0.1) is 6.61 Å². The maximum absolute atomic E-state index is 8.75. The topological polar surface area (TPSA) is 38.7 Å². The highest BCUT2D eigenvalue weighted by atomic mass is 32.1. The zero-order chi connectivity index (χ0) is 12.5. The van der Waals surface area contributed by atoms with Gasteiger partial charge in [-0.3, -0.25) is 0 Å². The first-order valence-electron chi connectivity index (χ1n) is 5.73. The molecule has 1 atom stereocenters.